The maximum atomic E-state index is 15.6. The highest BCUT2D eigenvalue weighted by Gasteiger charge is 2.45. The van der Waals surface area contributed by atoms with Crippen LogP contribution in [0.4, 0.5) is 13.2 Å². The van der Waals surface area contributed by atoms with Crippen LogP contribution in [0.5, 0.6) is 5.75 Å². The normalized spacial score (nSPS) is 20.1. The zero-order valence-corrected chi connectivity index (χ0v) is 21.6. The first-order valence-corrected chi connectivity index (χ1v) is 14.6. The number of fused-ring (bicyclic) bond motifs is 9. The Morgan fingerprint density at radius 2 is 1.92 bits per heavy atom. The van der Waals surface area contributed by atoms with E-state index in [9.17, 15) is 18.1 Å². The van der Waals surface area contributed by atoms with Crippen LogP contribution in [-0.2, 0) is 4.57 Å². The lowest BCUT2D eigenvalue weighted by Crippen LogP contribution is -2.30. The molecule has 4 aromatic rings. The van der Waals surface area contributed by atoms with Gasteiger partial charge in [0.15, 0.2) is 0 Å². The number of halogens is 3. The van der Waals surface area contributed by atoms with Gasteiger partial charge in [-0.2, -0.15) is 8.78 Å². The number of hydrogen-bond donors (Lipinski definition) is 0. The second kappa shape index (κ2) is 8.46. The molecule has 2 aliphatic rings. The molecule has 0 radical (unpaired) electrons. The van der Waals surface area contributed by atoms with E-state index in [1.54, 1.807) is 55.2 Å². The van der Waals surface area contributed by atoms with Crippen molar-refractivity contribution in [1.29, 1.82) is 0 Å². The number of alkyl halides is 2. The van der Waals surface area contributed by atoms with Crippen LogP contribution >= 0.6 is 7.14 Å². The van der Waals surface area contributed by atoms with Crippen molar-refractivity contribution >= 4 is 29.4 Å². The minimum absolute atomic E-state index is 0.0451. The molecule has 0 aliphatic carbocycles. The van der Waals surface area contributed by atoms with Crippen molar-refractivity contribution in [3.05, 3.63) is 76.9 Å². The van der Waals surface area contributed by atoms with Crippen LogP contribution in [0.2, 0.25) is 0 Å². The molecule has 3 heterocycles. The first-order chi connectivity index (χ1) is 19.2. The first kappa shape index (κ1) is 21.4. The summed E-state index contributed by atoms with van der Waals surface area (Å²) in [5.74, 6) is -1.28. The molecule has 6 rings (SSSR count). The van der Waals surface area contributed by atoms with Crippen molar-refractivity contribution in [1.82, 2.24) is 14.5 Å². The minimum atomic E-state index is -3.17. The molecule has 38 heavy (non-hydrogen) atoms. The van der Waals surface area contributed by atoms with Gasteiger partial charge in [0.2, 0.25) is 0 Å². The molecule has 0 spiro atoms. The average Bonchev–Trinajstić information content (AvgIpc) is 3.36. The van der Waals surface area contributed by atoms with Gasteiger partial charge in [0.1, 0.15) is 24.5 Å². The Morgan fingerprint density at radius 1 is 1.13 bits per heavy atom. The number of carbonyl (C=O) groups excluding carboxylic acids is 1. The monoisotopic (exact) mass is 542 g/mol. The predicted molar refractivity (Wildman–Crippen MR) is 140 cm³/mol. The van der Waals surface area contributed by atoms with Crippen molar-refractivity contribution in [3.63, 3.8) is 0 Å². The van der Waals surface area contributed by atoms with E-state index < -0.39 is 44.5 Å². The van der Waals surface area contributed by atoms with Crippen LogP contribution in [0, 0.1) is 12.7 Å². The molecule has 2 bridgehead atoms. The first-order valence-electron chi connectivity index (χ1n) is 13.5. The Labute approximate surface area is 221 Å². The van der Waals surface area contributed by atoms with E-state index in [0.29, 0.717) is 21.9 Å². The number of rotatable bonds is 4. The van der Waals surface area contributed by atoms with Crippen LogP contribution in [0.15, 0.2) is 48.5 Å². The van der Waals surface area contributed by atoms with Gasteiger partial charge in [-0.25, -0.2) is 9.37 Å². The lowest BCUT2D eigenvalue weighted by atomic mass is 9.97. The number of ether oxygens (including phenoxy) is 1. The van der Waals surface area contributed by atoms with Crippen LogP contribution in [0.25, 0.3) is 22.2 Å². The van der Waals surface area contributed by atoms with Crippen LogP contribution in [-0.4, -0.2) is 47.3 Å². The number of aromatic nitrogens is 2. The van der Waals surface area contributed by atoms with Crippen LogP contribution < -0.4 is 10.0 Å². The molecule has 10 heteroatoms. The van der Waals surface area contributed by atoms with Gasteiger partial charge in [-0.3, -0.25) is 4.79 Å². The zero-order chi connectivity index (χ0) is 29.6. The summed E-state index contributed by atoms with van der Waals surface area (Å²) in [5.41, 5.74) is 2.14. The largest absolute Gasteiger partial charge is 0.434 e. The van der Waals surface area contributed by atoms with Gasteiger partial charge in [-0.15, -0.1) is 0 Å². The van der Waals surface area contributed by atoms with Crippen molar-refractivity contribution in [3.8, 4) is 16.9 Å². The third-order valence-corrected chi connectivity index (χ3v) is 9.04. The summed E-state index contributed by atoms with van der Waals surface area (Å²) < 4.78 is 86.0. The van der Waals surface area contributed by atoms with E-state index in [2.05, 4.69) is 4.98 Å². The molecule has 2 atom stereocenters. The summed E-state index contributed by atoms with van der Waals surface area (Å²) >= 11 is 0. The van der Waals surface area contributed by atoms with E-state index in [1.165, 1.54) is 18.2 Å². The average molecular weight is 543 g/mol. The van der Waals surface area contributed by atoms with E-state index >= 15 is 4.39 Å². The number of carbonyl (C=O) groups is 1. The van der Waals surface area contributed by atoms with Crippen LogP contribution in [0.1, 0.15) is 49.9 Å². The number of nitrogens with zero attached hydrogens (tertiary/aromatic N) is 3. The second-order valence-corrected chi connectivity index (χ2v) is 13.2. The van der Waals surface area contributed by atoms with Crippen molar-refractivity contribution in [2.24, 2.45) is 0 Å². The lowest BCUT2D eigenvalue weighted by Gasteiger charge is -2.24. The van der Waals surface area contributed by atoms with Gasteiger partial charge < -0.3 is 18.8 Å². The molecule has 0 N–H and O–H groups in total. The molecular weight excluding hydrogens is 514 g/mol. The second-order valence-electron chi connectivity index (χ2n) is 10.0. The summed E-state index contributed by atoms with van der Waals surface area (Å²) in [6, 6.07) is 10.6. The molecule has 0 saturated heterocycles. The number of benzene rings is 3. The zero-order valence-electron chi connectivity index (χ0n) is 23.7. The molecule has 1 aromatic heterocycles. The predicted octanol–water partition coefficient (Wildman–Crippen LogP) is 6.12. The Hall–Kier alpha value is -3.58. The maximum Gasteiger partial charge on any atom is 0.387 e. The molecule has 0 fully saturated rings. The molecular formula is C28H25F3N3O3P. The third kappa shape index (κ3) is 3.59. The quantitative estimate of drug-likeness (QED) is 0.292. The summed E-state index contributed by atoms with van der Waals surface area (Å²) in [6.45, 7) is -1.28. The number of imidazole rings is 1. The molecule has 0 saturated carbocycles. The smallest absolute Gasteiger partial charge is 0.387 e. The van der Waals surface area contributed by atoms with Crippen molar-refractivity contribution < 1.29 is 31.4 Å². The highest BCUT2D eigenvalue weighted by atomic mass is 31.2. The van der Waals surface area contributed by atoms with Crippen molar-refractivity contribution in [2.45, 2.75) is 32.0 Å². The fourth-order valence-electron chi connectivity index (χ4n) is 5.76. The maximum absolute atomic E-state index is 15.6. The third-order valence-electron chi connectivity index (χ3n) is 7.40. The van der Waals surface area contributed by atoms with Gasteiger partial charge in [0, 0.05) is 39.5 Å². The van der Waals surface area contributed by atoms with Crippen LogP contribution in [0.3, 0.4) is 0 Å². The Kier molecular flexibility index (Phi) is 4.76. The summed E-state index contributed by atoms with van der Waals surface area (Å²) in [5, 5.41) is 0.452. The Bertz CT molecular complexity index is 1800. The number of amides is 1. The molecule has 1 amide bonds. The number of hydrogen-bond acceptors (Lipinski definition) is 4. The van der Waals surface area contributed by atoms with E-state index in [-0.39, 0.29) is 40.2 Å². The fraction of sp³-hybridized carbons (Fsp3) is 0.286. The Morgan fingerprint density at radius 3 is 2.63 bits per heavy atom. The molecule has 196 valence electrons. The van der Waals surface area contributed by atoms with Gasteiger partial charge in [-0.05, 0) is 55.6 Å². The highest BCUT2D eigenvalue weighted by molar-refractivity contribution is 7.70. The van der Waals surface area contributed by atoms with Gasteiger partial charge in [-0.1, -0.05) is 24.3 Å². The molecule has 0 unspecified atom stereocenters. The summed E-state index contributed by atoms with van der Waals surface area (Å²) in [7, 11) is -2.72. The summed E-state index contributed by atoms with van der Waals surface area (Å²) in [4.78, 5) is 19.0. The van der Waals surface area contributed by atoms with Crippen molar-refractivity contribution in [2.75, 3.05) is 20.3 Å². The molecule has 6 nitrogen and oxygen atoms in total. The van der Waals surface area contributed by atoms with Gasteiger partial charge in [0.05, 0.1) is 23.1 Å². The lowest BCUT2D eigenvalue weighted by molar-refractivity contribution is -0.0507. The topological polar surface area (TPSA) is 64.4 Å². The van der Waals surface area contributed by atoms with E-state index in [1.807, 2.05) is 0 Å². The fourth-order valence-corrected chi connectivity index (χ4v) is 7.10. The van der Waals surface area contributed by atoms with Gasteiger partial charge in [0.25, 0.3) is 5.91 Å². The SMILES string of the molecule is [2H]C([2H])([2H])N1C(=O)c2cccc(OC(F)F)c2[C@H]2C[C@@H]1c1nc3ccc(-c4ccc(P(C)(C)=O)c(C)c4F)cc3n12. The summed E-state index contributed by atoms with van der Waals surface area (Å²) in [6.07, 6.45) is 0.0771. The molecule has 3 aromatic carbocycles. The highest BCUT2D eigenvalue weighted by Crippen LogP contribution is 2.50. The standard InChI is InChI=1S/C28H25F3N3O3P/c1-14-23(38(3,4)36)11-9-16(25(14)29)15-8-10-18-19(12-15)34-20-13-21(26(34)32-18)33(2)27(35)17-6-5-7-22(24(17)20)37-28(30)31/h5-12,20-21,28H,13H2,1-4H3/t20-,21-/m1/s1/i2D3. The van der Waals surface area contributed by atoms with Gasteiger partial charge >= 0.3 is 6.61 Å². The molecule has 2 aliphatic heterocycles. The van der Waals surface area contributed by atoms with E-state index in [0.717, 1.165) is 4.90 Å². The Balaban J connectivity index is 1.60. The van der Waals surface area contributed by atoms with E-state index in [4.69, 9.17) is 8.85 Å². The minimum Gasteiger partial charge on any atom is -0.434 e.